The number of halogens is 5. The first kappa shape index (κ1) is 13.2. The van der Waals surface area contributed by atoms with Crippen LogP contribution < -0.4 is 0 Å². The molecule has 0 bridgehead atoms. The van der Waals surface area contributed by atoms with E-state index in [0.29, 0.717) is 16.1 Å². The van der Waals surface area contributed by atoms with Gasteiger partial charge in [-0.1, -0.05) is 41.4 Å². The van der Waals surface area contributed by atoms with Crippen molar-refractivity contribution in [3.8, 4) is 11.1 Å². The van der Waals surface area contributed by atoms with Gasteiger partial charge >= 0.3 is 0 Å². The third-order valence-corrected chi connectivity index (χ3v) is 3.31. The fourth-order valence-corrected chi connectivity index (χ4v) is 2.01. The van der Waals surface area contributed by atoms with Crippen LogP contribution in [0.15, 0.2) is 36.4 Å². The van der Waals surface area contributed by atoms with Gasteiger partial charge in [-0.25, -0.2) is 13.2 Å². The van der Waals surface area contributed by atoms with Crippen molar-refractivity contribution in [3.05, 3.63) is 57.8 Å². The van der Waals surface area contributed by atoms with E-state index in [1.54, 1.807) is 18.2 Å². The maximum Gasteiger partial charge on any atom is 0.266 e. The lowest BCUT2D eigenvalue weighted by molar-refractivity contribution is 0.146. The summed E-state index contributed by atoms with van der Waals surface area (Å²) in [5.74, 6) is -0.938. The largest absolute Gasteiger partial charge is 0.266 e. The molecule has 0 aliphatic rings. The third kappa shape index (κ3) is 2.47. The Balaban J connectivity index is 2.58. The summed E-state index contributed by atoms with van der Waals surface area (Å²) in [7, 11) is 0. The summed E-state index contributed by atoms with van der Waals surface area (Å²) in [5, 5.41) is 0.572. The Hall–Kier alpha value is -1.19. The third-order valence-electron chi connectivity index (χ3n) is 2.49. The second-order valence-corrected chi connectivity index (χ2v) is 4.42. The van der Waals surface area contributed by atoms with Gasteiger partial charge in [-0.05, 0) is 23.8 Å². The molecule has 0 spiro atoms. The lowest BCUT2D eigenvalue weighted by Crippen LogP contribution is -1.92. The summed E-state index contributed by atoms with van der Waals surface area (Å²) in [6.07, 6.45) is -2.87. The molecule has 94 valence electrons. The van der Waals surface area contributed by atoms with Crippen LogP contribution in [0.3, 0.4) is 0 Å². The van der Waals surface area contributed by atoms with Crippen LogP contribution in [0.2, 0.25) is 10.0 Å². The molecule has 0 nitrogen and oxygen atoms in total. The van der Waals surface area contributed by atoms with Gasteiger partial charge < -0.3 is 0 Å². The highest BCUT2D eigenvalue weighted by Gasteiger charge is 2.15. The molecule has 0 N–H and O–H groups in total. The number of alkyl halides is 2. The van der Waals surface area contributed by atoms with Crippen molar-refractivity contribution >= 4 is 23.2 Å². The quantitative estimate of drug-likeness (QED) is 0.662. The summed E-state index contributed by atoms with van der Waals surface area (Å²) in [6.45, 7) is 0. The molecule has 0 saturated carbocycles. The van der Waals surface area contributed by atoms with Gasteiger partial charge in [0, 0.05) is 5.56 Å². The first-order valence-electron chi connectivity index (χ1n) is 5.02. The van der Waals surface area contributed by atoms with Crippen molar-refractivity contribution in [3.63, 3.8) is 0 Å². The Labute approximate surface area is 112 Å². The van der Waals surface area contributed by atoms with Gasteiger partial charge in [0.2, 0.25) is 0 Å². The Bertz CT molecular complexity index is 582. The van der Waals surface area contributed by atoms with Crippen molar-refractivity contribution < 1.29 is 13.2 Å². The van der Waals surface area contributed by atoms with Crippen molar-refractivity contribution in [2.24, 2.45) is 0 Å². The maximum absolute atomic E-state index is 13.2. The van der Waals surface area contributed by atoms with Crippen molar-refractivity contribution in [2.45, 2.75) is 6.43 Å². The molecule has 0 atom stereocenters. The van der Waals surface area contributed by atoms with Gasteiger partial charge in [-0.2, -0.15) is 0 Å². The van der Waals surface area contributed by atoms with Gasteiger partial charge in [-0.3, -0.25) is 0 Å². The van der Waals surface area contributed by atoms with Crippen molar-refractivity contribution in [2.75, 3.05) is 0 Å². The average Bonchev–Trinajstić information content (AvgIpc) is 2.33. The van der Waals surface area contributed by atoms with E-state index in [4.69, 9.17) is 23.2 Å². The van der Waals surface area contributed by atoms with Crippen LogP contribution in [0.1, 0.15) is 12.0 Å². The minimum absolute atomic E-state index is 0.256. The minimum atomic E-state index is -2.87. The van der Waals surface area contributed by atoms with E-state index in [1.165, 1.54) is 6.07 Å². The fourth-order valence-electron chi connectivity index (χ4n) is 1.61. The molecule has 5 heteroatoms. The Kier molecular flexibility index (Phi) is 3.83. The Morgan fingerprint density at radius 1 is 1.00 bits per heavy atom. The molecule has 2 aromatic carbocycles. The Morgan fingerprint density at radius 3 is 2.39 bits per heavy atom. The second kappa shape index (κ2) is 5.21. The molecule has 2 aromatic rings. The number of hydrogen-bond acceptors (Lipinski definition) is 0. The van der Waals surface area contributed by atoms with E-state index in [0.717, 1.165) is 12.1 Å². The first-order valence-corrected chi connectivity index (χ1v) is 5.78. The SMILES string of the molecule is Fc1ccc(-c2cccc(Cl)c2Cl)cc1C(F)F. The topological polar surface area (TPSA) is 0 Å². The van der Waals surface area contributed by atoms with Crippen LogP contribution in [-0.4, -0.2) is 0 Å². The molecule has 0 aromatic heterocycles. The molecule has 0 aliphatic heterocycles. The van der Waals surface area contributed by atoms with Gasteiger partial charge in [0.1, 0.15) is 5.82 Å². The van der Waals surface area contributed by atoms with Gasteiger partial charge in [-0.15, -0.1) is 0 Å². The van der Waals surface area contributed by atoms with E-state index in [-0.39, 0.29) is 5.02 Å². The molecule has 0 heterocycles. The molecular formula is C13H7Cl2F3. The van der Waals surface area contributed by atoms with Crippen LogP contribution in [0.25, 0.3) is 11.1 Å². The number of rotatable bonds is 2. The number of hydrogen-bond donors (Lipinski definition) is 0. The monoisotopic (exact) mass is 290 g/mol. The van der Waals surface area contributed by atoms with Crippen LogP contribution >= 0.6 is 23.2 Å². The van der Waals surface area contributed by atoms with Crippen molar-refractivity contribution in [1.82, 2.24) is 0 Å². The van der Waals surface area contributed by atoms with Gasteiger partial charge in [0.15, 0.2) is 0 Å². The smallest absolute Gasteiger partial charge is 0.206 e. The average molecular weight is 291 g/mol. The second-order valence-electron chi connectivity index (χ2n) is 3.64. The van der Waals surface area contributed by atoms with E-state index in [2.05, 4.69) is 0 Å². The lowest BCUT2D eigenvalue weighted by atomic mass is 10.0. The molecule has 0 saturated heterocycles. The van der Waals surface area contributed by atoms with Crippen LogP contribution in [0, 0.1) is 5.82 Å². The molecule has 0 amide bonds. The predicted molar refractivity (Wildman–Crippen MR) is 66.8 cm³/mol. The normalized spacial score (nSPS) is 11.0. The zero-order valence-electron chi connectivity index (χ0n) is 8.93. The summed E-state index contributed by atoms with van der Waals surface area (Å²) in [6, 6.07) is 8.33. The Morgan fingerprint density at radius 2 is 1.72 bits per heavy atom. The first-order chi connectivity index (χ1) is 8.50. The molecule has 0 fully saturated rings. The molecule has 0 unspecified atom stereocenters. The van der Waals surface area contributed by atoms with E-state index in [1.807, 2.05) is 0 Å². The van der Waals surface area contributed by atoms with Gasteiger partial charge in [0.05, 0.1) is 15.6 Å². The van der Waals surface area contributed by atoms with Crippen molar-refractivity contribution in [1.29, 1.82) is 0 Å². The predicted octanol–water partition coefficient (Wildman–Crippen LogP) is 5.74. The highest BCUT2D eigenvalue weighted by atomic mass is 35.5. The molecule has 0 radical (unpaired) electrons. The van der Waals surface area contributed by atoms with Gasteiger partial charge in [0.25, 0.3) is 6.43 Å². The van der Waals surface area contributed by atoms with Crippen LogP contribution in [0.4, 0.5) is 13.2 Å². The number of benzene rings is 2. The molecule has 0 aliphatic carbocycles. The summed E-state index contributed by atoms with van der Waals surface area (Å²) in [4.78, 5) is 0. The van der Waals surface area contributed by atoms with E-state index >= 15 is 0 Å². The standard InChI is InChI=1S/C13H7Cl2F3/c14-10-3-1-2-8(12(10)15)7-4-5-11(16)9(6-7)13(17)18/h1-6,13H. The zero-order valence-corrected chi connectivity index (χ0v) is 10.4. The zero-order chi connectivity index (χ0) is 13.3. The molecular weight excluding hydrogens is 284 g/mol. The fraction of sp³-hybridized carbons (Fsp3) is 0.0769. The maximum atomic E-state index is 13.2. The van der Waals surface area contributed by atoms with E-state index < -0.39 is 17.8 Å². The van der Waals surface area contributed by atoms with Crippen LogP contribution in [0.5, 0.6) is 0 Å². The molecule has 2 rings (SSSR count). The minimum Gasteiger partial charge on any atom is -0.206 e. The molecule has 18 heavy (non-hydrogen) atoms. The summed E-state index contributed by atoms with van der Waals surface area (Å²) >= 11 is 11.8. The summed E-state index contributed by atoms with van der Waals surface area (Å²) < 4.78 is 38.4. The lowest BCUT2D eigenvalue weighted by Gasteiger charge is -2.08. The highest BCUT2D eigenvalue weighted by Crippen LogP contribution is 2.35. The summed E-state index contributed by atoms with van der Waals surface area (Å²) in [5.41, 5.74) is 0.244. The van der Waals surface area contributed by atoms with Crippen LogP contribution in [-0.2, 0) is 0 Å². The highest BCUT2D eigenvalue weighted by molar-refractivity contribution is 6.43. The van der Waals surface area contributed by atoms with E-state index in [9.17, 15) is 13.2 Å².